The Hall–Kier alpha value is -1.54. The van der Waals surface area contributed by atoms with Crippen LogP contribution in [0.2, 0.25) is 0 Å². The third-order valence-electron chi connectivity index (χ3n) is 5.16. The smallest absolute Gasteiger partial charge is 0.241 e. The topological polar surface area (TPSA) is 61.7 Å². The minimum atomic E-state index is 0.0222. The molecule has 1 aromatic heterocycles. The van der Waals surface area contributed by atoms with Crippen LogP contribution in [0.1, 0.15) is 24.4 Å². The fourth-order valence-electron chi connectivity index (χ4n) is 3.85. The van der Waals surface area contributed by atoms with E-state index in [-0.39, 0.29) is 24.4 Å². The Morgan fingerprint density at radius 2 is 2.24 bits per heavy atom. The van der Waals surface area contributed by atoms with Crippen molar-refractivity contribution in [3.8, 4) is 0 Å². The number of aromatic nitrogens is 2. The maximum absolute atomic E-state index is 12.5. The number of amides is 2. The number of piperidine rings is 1. The molecule has 2 atom stereocenters. The summed E-state index contributed by atoms with van der Waals surface area (Å²) in [6, 6.07) is 0.279. The van der Waals surface area contributed by atoms with Crippen LogP contribution in [-0.4, -0.2) is 81.7 Å². The highest BCUT2D eigenvalue weighted by Crippen LogP contribution is 2.35. The number of hydrogen-bond donors (Lipinski definition) is 0. The van der Waals surface area contributed by atoms with Gasteiger partial charge in [0.15, 0.2) is 0 Å². The lowest BCUT2D eigenvalue weighted by molar-refractivity contribution is -0.137. The quantitative estimate of drug-likeness (QED) is 0.772. The van der Waals surface area contributed by atoms with E-state index in [2.05, 4.69) is 23.2 Å². The van der Waals surface area contributed by atoms with Crippen molar-refractivity contribution in [1.29, 1.82) is 0 Å². The Kier molecular flexibility index (Phi) is 5.68. The molecule has 0 unspecified atom stereocenters. The number of aryl methyl sites for hydroxylation is 1. The summed E-state index contributed by atoms with van der Waals surface area (Å²) in [7, 11) is 5.93. The van der Waals surface area contributed by atoms with Gasteiger partial charge in [-0.25, -0.2) is 0 Å². The van der Waals surface area contributed by atoms with Crippen LogP contribution in [0.15, 0.2) is 12.4 Å². The molecule has 0 aromatic carbocycles. The second kappa shape index (κ2) is 7.78. The van der Waals surface area contributed by atoms with Gasteiger partial charge in [0, 0.05) is 38.4 Å². The Morgan fingerprint density at radius 1 is 1.44 bits per heavy atom. The number of likely N-dealkylation sites (N-methyl/N-ethyl adjacent to an activating group) is 1. The molecule has 2 fully saturated rings. The first kappa shape index (κ1) is 18.3. The fraction of sp³-hybridized carbons (Fsp3) is 0.706. The van der Waals surface area contributed by atoms with E-state index < -0.39 is 0 Å². The average molecular weight is 366 g/mol. The molecule has 0 spiro atoms. The van der Waals surface area contributed by atoms with Crippen molar-refractivity contribution in [3.05, 3.63) is 18.0 Å². The van der Waals surface area contributed by atoms with E-state index in [9.17, 15) is 9.59 Å². The largest absolute Gasteiger partial charge is 0.344 e. The van der Waals surface area contributed by atoms with E-state index in [1.807, 2.05) is 25.0 Å². The van der Waals surface area contributed by atoms with Crippen molar-refractivity contribution in [2.45, 2.75) is 18.9 Å². The SMILES string of the molecule is CN(C[C@@H]1CCCN(C)[C@H]1c1cnn(C)c1)C(=O)CN1CSCC1=O. The molecule has 8 heteroatoms. The zero-order valence-corrected chi connectivity index (χ0v) is 16.0. The van der Waals surface area contributed by atoms with Crippen molar-refractivity contribution >= 4 is 23.6 Å². The molecule has 0 saturated carbocycles. The van der Waals surface area contributed by atoms with E-state index in [4.69, 9.17) is 0 Å². The van der Waals surface area contributed by atoms with Crippen molar-refractivity contribution in [1.82, 2.24) is 24.5 Å². The molecule has 2 saturated heterocycles. The van der Waals surface area contributed by atoms with Crippen LogP contribution in [0.5, 0.6) is 0 Å². The monoisotopic (exact) mass is 365 g/mol. The summed E-state index contributed by atoms with van der Waals surface area (Å²) in [6.45, 7) is 1.97. The normalized spacial score (nSPS) is 24.8. The van der Waals surface area contributed by atoms with Crippen LogP contribution in [0, 0.1) is 5.92 Å². The summed E-state index contributed by atoms with van der Waals surface area (Å²) in [6.07, 6.45) is 6.24. The van der Waals surface area contributed by atoms with Gasteiger partial charge in [-0.05, 0) is 32.4 Å². The molecule has 2 aliphatic heterocycles. The molecule has 0 aliphatic carbocycles. The van der Waals surface area contributed by atoms with Crippen molar-refractivity contribution in [2.24, 2.45) is 13.0 Å². The van der Waals surface area contributed by atoms with Gasteiger partial charge in [0.1, 0.15) is 6.54 Å². The summed E-state index contributed by atoms with van der Waals surface area (Å²) in [5.41, 5.74) is 1.21. The Morgan fingerprint density at radius 3 is 2.88 bits per heavy atom. The number of carbonyl (C=O) groups excluding carboxylic acids is 2. The Bertz CT molecular complexity index is 634. The summed E-state index contributed by atoms with van der Waals surface area (Å²) in [4.78, 5) is 30.1. The third kappa shape index (κ3) is 4.17. The second-order valence-corrected chi connectivity index (χ2v) is 8.07. The Balaban J connectivity index is 1.64. The van der Waals surface area contributed by atoms with Crippen LogP contribution < -0.4 is 0 Å². The number of carbonyl (C=O) groups is 2. The molecule has 2 amide bonds. The van der Waals surface area contributed by atoms with E-state index in [0.29, 0.717) is 24.1 Å². The first-order valence-corrected chi connectivity index (χ1v) is 9.89. The minimum absolute atomic E-state index is 0.0222. The predicted molar refractivity (Wildman–Crippen MR) is 98.0 cm³/mol. The van der Waals surface area contributed by atoms with Crippen molar-refractivity contribution < 1.29 is 9.59 Å². The highest BCUT2D eigenvalue weighted by Gasteiger charge is 2.33. The van der Waals surface area contributed by atoms with Gasteiger partial charge in [0.05, 0.1) is 17.8 Å². The zero-order chi connectivity index (χ0) is 18.0. The summed E-state index contributed by atoms with van der Waals surface area (Å²) < 4.78 is 1.83. The summed E-state index contributed by atoms with van der Waals surface area (Å²) in [5.74, 6) is 1.59. The standard InChI is InChI=1S/C17H27N5O2S/c1-19-6-4-5-13(17(19)14-7-18-21(3)9-14)8-20(2)15(23)10-22-12-25-11-16(22)24/h7,9,13,17H,4-6,8,10-12H2,1-3H3/t13-,17+/m0/s1. The van der Waals surface area contributed by atoms with Gasteiger partial charge in [-0.2, -0.15) is 5.10 Å². The molecule has 1 aromatic rings. The van der Waals surface area contributed by atoms with Crippen LogP contribution >= 0.6 is 11.8 Å². The van der Waals surface area contributed by atoms with Gasteiger partial charge in [-0.15, -0.1) is 11.8 Å². The first-order valence-electron chi connectivity index (χ1n) is 8.74. The van der Waals surface area contributed by atoms with Crippen LogP contribution in [0.25, 0.3) is 0 Å². The average Bonchev–Trinajstić information content (AvgIpc) is 3.16. The lowest BCUT2D eigenvalue weighted by Crippen LogP contribution is -2.45. The first-order chi connectivity index (χ1) is 12.0. The third-order valence-corrected chi connectivity index (χ3v) is 6.10. The highest BCUT2D eigenvalue weighted by atomic mass is 32.2. The van der Waals surface area contributed by atoms with Crippen LogP contribution in [-0.2, 0) is 16.6 Å². The number of hydrogen-bond acceptors (Lipinski definition) is 5. The van der Waals surface area contributed by atoms with Crippen molar-refractivity contribution in [2.75, 3.05) is 45.4 Å². The van der Waals surface area contributed by atoms with Gasteiger partial charge in [-0.1, -0.05) is 0 Å². The zero-order valence-electron chi connectivity index (χ0n) is 15.2. The maximum Gasteiger partial charge on any atom is 0.241 e. The summed E-state index contributed by atoms with van der Waals surface area (Å²) >= 11 is 1.57. The lowest BCUT2D eigenvalue weighted by Gasteiger charge is -2.40. The van der Waals surface area contributed by atoms with E-state index in [0.717, 1.165) is 19.4 Å². The molecule has 7 nitrogen and oxygen atoms in total. The molecule has 3 rings (SSSR count). The second-order valence-electron chi connectivity index (χ2n) is 7.12. The van der Waals surface area contributed by atoms with Gasteiger partial charge < -0.3 is 9.80 Å². The molecule has 138 valence electrons. The summed E-state index contributed by atoms with van der Waals surface area (Å²) in [5, 5.41) is 4.31. The molecule has 2 aliphatic rings. The molecule has 25 heavy (non-hydrogen) atoms. The van der Waals surface area contributed by atoms with Gasteiger partial charge in [-0.3, -0.25) is 19.2 Å². The molecule has 0 bridgehead atoms. The maximum atomic E-state index is 12.5. The Labute approximate surface area is 153 Å². The van der Waals surface area contributed by atoms with Crippen LogP contribution in [0.4, 0.5) is 0 Å². The number of thioether (sulfide) groups is 1. The van der Waals surface area contributed by atoms with Crippen molar-refractivity contribution in [3.63, 3.8) is 0 Å². The molecular formula is C17H27N5O2S. The minimum Gasteiger partial charge on any atom is -0.344 e. The van der Waals surface area contributed by atoms with Gasteiger partial charge in [0.25, 0.3) is 0 Å². The number of nitrogens with zero attached hydrogens (tertiary/aromatic N) is 5. The van der Waals surface area contributed by atoms with E-state index >= 15 is 0 Å². The molecular weight excluding hydrogens is 338 g/mol. The molecule has 3 heterocycles. The lowest BCUT2D eigenvalue weighted by atomic mass is 9.85. The van der Waals surface area contributed by atoms with E-state index in [1.165, 1.54) is 5.56 Å². The molecule has 0 radical (unpaired) electrons. The number of likely N-dealkylation sites (tertiary alicyclic amines) is 1. The molecule has 0 N–H and O–H groups in total. The highest BCUT2D eigenvalue weighted by molar-refractivity contribution is 8.00. The van der Waals surface area contributed by atoms with Gasteiger partial charge in [0.2, 0.25) is 11.8 Å². The van der Waals surface area contributed by atoms with Crippen LogP contribution in [0.3, 0.4) is 0 Å². The van der Waals surface area contributed by atoms with E-state index in [1.54, 1.807) is 21.6 Å². The fourth-order valence-corrected chi connectivity index (χ4v) is 4.75. The van der Waals surface area contributed by atoms with Gasteiger partial charge >= 0.3 is 0 Å². The number of rotatable bonds is 5. The predicted octanol–water partition coefficient (Wildman–Crippen LogP) is 0.794.